The number of amides is 1. The van der Waals surface area contributed by atoms with Gasteiger partial charge in [-0.1, -0.05) is 6.07 Å². The molecule has 0 atom stereocenters. The molecule has 2 heterocycles. The minimum atomic E-state index is -0.363. The number of hydrogen-bond donors (Lipinski definition) is 1. The topological polar surface area (TPSA) is 72.5 Å². The summed E-state index contributed by atoms with van der Waals surface area (Å²) in [7, 11) is 0. The average Bonchev–Trinajstić information content (AvgIpc) is 3.20. The van der Waals surface area contributed by atoms with Gasteiger partial charge in [-0.25, -0.2) is 0 Å². The maximum Gasteiger partial charge on any atom is 0.306 e. The minimum absolute atomic E-state index is 0.0771. The summed E-state index contributed by atoms with van der Waals surface area (Å²) in [6, 6.07) is 9.04. The molecular weight excluding hydrogens is 326 g/mol. The van der Waals surface area contributed by atoms with Crippen molar-refractivity contribution in [2.45, 2.75) is 25.7 Å². The van der Waals surface area contributed by atoms with Crippen molar-refractivity contribution in [3.8, 4) is 0 Å². The number of benzene rings is 1. The molecule has 1 amide bonds. The van der Waals surface area contributed by atoms with Gasteiger partial charge in [-0.05, 0) is 48.1 Å². The van der Waals surface area contributed by atoms with Crippen molar-refractivity contribution in [3.63, 3.8) is 0 Å². The van der Waals surface area contributed by atoms with Crippen LogP contribution in [0.2, 0.25) is 0 Å². The van der Waals surface area contributed by atoms with Crippen molar-refractivity contribution in [3.05, 3.63) is 51.7 Å². The fourth-order valence-corrected chi connectivity index (χ4v) is 3.32. The summed E-state index contributed by atoms with van der Waals surface area (Å²) >= 11 is 1.66. The number of aryl methyl sites for hydroxylation is 1. The van der Waals surface area contributed by atoms with Crippen LogP contribution in [0, 0.1) is 0 Å². The third-order valence-electron chi connectivity index (χ3n) is 3.80. The molecule has 24 heavy (non-hydrogen) atoms. The molecule has 1 N–H and O–H groups in total. The van der Waals surface area contributed by atoms with Crippen LogP contribution in [-0.4, -0.2) is 24.3 Å². The molecule has 2 aromatic rings. The molecule has 0 bridgehead atoms. The lowest BCUT2D eigenvalue weighted by Gasteiger charge is -2.06. The lowest BCUT2D eigenvalue weighted by molar-refractivity contribution is -0.142. The smallest absolute Gasteiger partial charge is 0.306 e. The number of Topliss-reactive ketones (excluding diaryl/α,β-unsaturated/α-hetero) is 1. The Kier molecular flexibility index (Phi) is 5.05. The Balaban J connectivity index is 1.44. The van der Waals surface area contributed by atoms with E-state index < -0.39 is 0 Å². The molecule has 0 spiro atoms. The van der Waals surface area contributed by atoms with E-state index in [-0.39, 0.29) is 30.7 Å². The molecule has 1 aromatic carbocycles. The Hall–Kier alpha value is -2.47. The fourth-order valence-electron chi connectivity index (χ4n) is 2.57. The number of esters is 1. The molecular formula is C18H17NO4S. The third-order valence-corrected chi connectivity index (χ3v) is 4.74. The molecule has 3 rings (SSSR count). The standard InChI is InChI=1S/C18H17NO4S/c20-16(12-6-7-15-13(9-12)10-17(21)19-15)11-23-18(22)5-1-3-14-4-2-8-24-14/h2,4,6-9H,1,3,5,10-11H2,(H,19,21). The molecule has 0 aliphatic carbocycles. The van der Waals surface area contributed by atoms with Crippen LogP contribution in [0.1, 0.15) is 33.6 Å². The molecule has 1 aromatic heterocycles. The van der Waals surface area contributed by atoms with E-state index in [2.05, 4.69) is 5.32 Å². The molecule has 124 valence electrons. The number of carbonyl (C=O) groups excluding carboxylic acids is 3. The second-order valence-corrected chi connectivity index (χ2v) is 6.65. The molecule has 1 aliphatic heterocycles. The van der Waals surface area contributed by atoms with Crippen molar-refractivity contribution in [2.75, 3.05) is 11.9 Å². The molecule has 0 fully saturated rings. The molecule has 0 unspecified atom stereocenters. The molecule has 0 radical (unpaired) electrons. The quantitative estimate of drug-likeness (QED) is 0.620. The van der Waals surface area contributed by atoms with Crippen molar-refractivity contribution in [2.24, 2.45) is 0 Å². The van der Waals surface area contributed by atoms with Crippen LogP contribution in [0.3, 0.4) is 0 Å². The number of nitrogens with one attached hydrogen (secondary N) is 1. The van der Waals surface area contributed by atoms with E-state index in [4.69, 9.17) is 4.74 Å². The monoisotopic (exact) mass is 343 g/mol. The first kappa shape index (κ1) is 16.4. The highest BCUT2D eigenvalue weighted by Crippen LogP contribution is 2.24. The Labute approximate surface area is 143 Å². The van der Waals surface area contributed by atoms with Crippen molar-refractivity contribution in [1.29, 1.82) is 0 Å². The van der Waals surface area contributed by atoms with Gasteiger partial charge in [0, 0.05) is 22.5 Å². The number of carbonyl (C=O) groups is 3. The number of hydrogen-bond acceptors (Lipinski definition) is 5. The summed E-state index contributed by atoms with van der Waals surface area (Å²) in [5.41, 5.74) is 1.99. The minimum Gasteiger partial charge on any atom is -0.457 e. The average molecular weight is 343 g/mol. The Bertz CT molecular complexity index is 767. The first-order chi connectivity index (χ1) is 11.6. The Morgan fingerprint density at radius 2 is 2.12 bits per heavy atom. The van der Waals surface area contributed by atoms with E-state index in [0.29, 0.717) is 18.4 Å². The molecule has 0 saturated heterocycles. The van der Waals surface area contributed by atoms with Crippen LogP contribution in [0.4, 0.5) is 5.69 Å². The van der Waals surface area contributed by atoms with Gasteiger partial charge in [0.15, 0.2) is 12.4 Å². The lowest BCUT2D eigenvalue weighted by Crippen LogP contribution is -2.14. The molecule has 0 saturated carbocycles. The van der Waals surface area contributed by atoms with Crippen LogP contribution in [0.5, 0.6) is 0 Å². The van der Waals surface area contributed by atoms with Crippen LogP contribution < -0.4 is 5.32 Å². The summed E-state index contributed by atoms with van der Waals surface area (Å²) in [5.74, 6) is -0.701. The number of ether oxygens (including phenoxy) is 1. The lowest BCUT2D eigenvalue weighted by atomic mass is 10.1. The summed E-state index contributed by atoms with van der Waals surface area (Å²) < 4.78 is 5.05. The van der Waals surface area contributed by atoms with Gasteiger partial charge < -0.3 is 10.1 Å². The zero-order chi connectivity index (χ0) is 16.9. The van der Waals surface area contributed by atoms with E-state index in [9.17, 15) is 14.4 Å². The highest BCUT2D eigenvalue weighted by atomic mass is 32.1. The normalized spacial score (nSPS) is 12.6. The van der Waals surface area contributed by atoms with Gasteiger partial charge in [0.05, 0.1) is 6.42 Å². The van der Waals surface area contributed by atoms with Crippen LogP contribution >= 0.6 is 11.3 Å². The highest BCUT2D eigenvalue weighted by Gasteiger charge is 2.19. The number of ketones is 1. The van der Waals surface area contributed by atoms with Crippen molar-refractivity contribution in [1.82, 2.24) is 0 Å². The van der Waals surface area contributed by atoms with E-state index in [0.717, 1.165) is 17.7 Å². The highest BCUT2D eigenvalue weighted by molar-refractivity contribution is 7.09. The van der Waals surface area contributed by atoms with Gasteiger partial charge in [0.25, 0.3) is 0 Å². The van der Waals surface area contributed by atoms with E-state index in [1.807, 2.05) is 17.5 Å². The summed E-state index contributed by atoms with van der Waals surface area (Å²) in [6.45, 7) is -0.266. The maximum absolute atomic E-state index is 12.1. The fraction of sp³-hybridized carbons (Fsp3) is 0.278. The van der Waals surface area contributed by atoms with Gasteiger partial charge >= 0.3 is 5.97 Å². The molecule has 1 aliphatic rings. The zero-order valence-corrected chi connectivity index (χ0v) is 13.9. The van der Waals surface area contributed by atoms with E-state index in [1.54, 1.807) is 29.5 Å². The van der Waals surface area contributed by atoms with E-state index in [1.165, 1.54) is 4.88 Å². The van der Waals surface area contributed by atoms with Crippen LogP contribution in [0.25, 0.3) is 0 Å². The number of rotatable bonds is 7. The Morgan fingerprint density at radius 3 is 2.92 bits per heavy atom. The third kappa shape index (κ3) is 4.08. The number of anilines is 1. The predicted octanol–water partition coefficient (Wildman–Crippen LogP) is 2.99. The largest absolute Gasteiger partial charge is 0.457 e. The number of fused-ring (bicyclic) bond motifs is 1. The second-order valence-electron chi connectivity index (χ2n) is 5.61. The second kappa shape index (κ2) is 7.40. The summed E-state index contributed by atoms with van der Waals surface area (Å²) in [6.07, 6.45) is 2.12. The first-order valence-corrected chi connectivity index (χ1v) is 8.64. The molecule has 6 heteroatoms. The van der Waals surface area contributed by atoms with Gasteiger partial charge in [-0.2, -0.15) is 0 Å². The summed E-state index contributed by atoms with van der Waals surface area (Å²) in [4.78, 5) is 36.4. The SMILES string of the molecule is O=C1Cc2cc(C(=O)COC(=O)CCCc3cccs3)ccc2N1. The zero-order valence-electron chi connectivity index (χ0n) is 13.0. The first-order valence-electron chi connectivity index (χ1n) is 7.76. The van der Waals surface area contributed by atoms with Crippen LogP contribution in [-0.2, 0) is 27.2 Å². The van der Waals surface area contributed by atoms with Crippen molar-refractivity contribution >= 4 is 34.7 Å². The maximum atomic E-state index is 12.1. The van der Waals surface area contributed by atoms with Gasteiger partial charge in [-0.3, -0.25) is 14.4 Å². The number of thiophene rings is 1. The van der Waals surface area contributed by atoms with Gasteiger partial charge in [0.1, 0.15) is 0 Å². The molecule has 5 nitrogen and oxygen atoms in total. The van der Waals surface area contributed by atoms with Gasteiger partial charge in [0.2, 0.25) is 5.91 Å². The Morgan fingerprint density at radius 1 is 1.25 bits per heavy atom. The van der Waals surface area contributed by atoms with Gasteiger partial charge in [-0.15, -0.1) is 11.3 Å². The summed E-state index contributed by atoms with van der Waals surface area (Å²) in [5, 5.41) is 4.72. The van der Waals surface area contributed by atoms with E-state index >= 15 is 0 Å². The van der Waals surface area contributed by atoms with Crippen LogP contribution in [0.15, 0.2) is 35.7 Å². The predicted molar refractivity (Wildman–Crippen MR) is 91.3 cm³/mol. The van der Waals surface area contributed by atoms with Crippen molar-refractivity contribution < 1.29 is 19.1 Å².